The number of halogens is 1. The molecule has 33 heavy (non-hydrogen) atoms. The number of ether oxygens (including phenoxy) is 3. The smallest absolute Gasteiger partial charge is 0.228 e. The fourth-order valence-corrected chi connectivity index (χ4v) is 3.05. The first kappa shape index (κ1) is 24.7. The van der Waals surface area contributed by atoms with Gasteiger partial charge in [-0.2, -0.15) is 15.0 Å². The molecule has 3 aromatic rings. The lowest BCUT2D eigenvalue weighted by molar-refractivity contribution is 0.0547. The van der Waals surface area contributed by atoms with Crippen molar-refractivity contribution in [3.8, 4) is 17.1 Å². The third-order valence-electron chi connectivity index (χ3n) is 4.53. The summed E-state index contributed by atoms with van der Waals surface area (Å²) in [7, 11) is 1.65. The van der Waals surface area contributed by atoms with Crippen LogP contribution in [-0.2, 0) is 16.0 Å². The Bertz CT molecular complexity index is 990. The van der Waals surface area contributed by atoms with Crippen molar-refractivity contribution in [2.75, 3.05) is 57.3 Å². The lowest BCUT2D eigenvalue weighted by Gasteiger charge is -2.12. The second-order valence-electron chi connectivity index (χ2n) is 6.92. The number of hydrogen-bond acceptors (Lipinski definition) is 9. The summed E-state index contributed by atoms with van der Waals surface area (Å²) in [6.45, 7) is 3.57. The molecule has 0 aliphatic rings. The van der Waals surface area contributed by atoms with Crippen LogP contribution in [0.4, 0.5) is 11.9 Å². The number of nitrogens with two attached hydrogens (primary N) is 1. The minimum Gasteiger partial charge on any atom is -0.496 e. The highest BCUT2D eigenvalue weighted by molar-refractivity contribution is 6.30. The Labute approximate surface area is 198 Å². The van der Waals surface area contributed by atoms with Crippen LogP contribution in [-0.4, -0.2) is 61.6 Å². The maximum Gasteiger partial charge on any atom is 0.228 e. The standard InChI is InChI=1S/C23H29ClN6O3/c1-31-20-5-3-2-4-18(20)16-27-23-29-21(17-6-8-19(24)9-7-17)28-22(30-23)26-11-13-33-15-14-32-12-10-25/h2-9H,10-16,25H2,1H3,(H2,26,27,28,29,30). The molecule has 9 nitrogen and oxygen atoms in total. The topological polar surface area (TPSA) is 116 Å². The summed E-state index contributed by atoms with van der Waals surface area (Å²) in [5.74, 6) is 2.21. The SMILES string of the molecule is COc1ccccc1CNc1nc(NCCOCCOCCN)nc(-c2ccc(Cl)cc2)n1. The number of para-hydroxylation sites is 1. The van der Waals surface area contributed by atoms with Crippen LogP contribution in [0.15, 0.2) is 48.5 Å². The first-order chi connectivity index (χ1) is 16.2. The number of nitrogens with one attached hydrogen (secondary N) is 2. The van der Waals surface area contributed by atoms with Crippen LogP contribution >= 0.6 is 11.6 Å². The molecule has 10 heteroatoms. The summed E-state index contributed by atoms with van der Waals surface area (Å²) in [5.41, 5.74) is 7.21. The van der Waals surface area contributed by atoms with Crippen molar-refractivity contribution in [2.24, 2.45) is 5.73 Å². The van der Waals surface area contributed by atoms with E-state index >= 15 is 0 Å². The highest BCUT2D eigenvalue weighted by Crippen LogP contribution is 2.22. The number of hydrogen-bond donors (Lipinski definition) is 3. The number of nitrogens with zero attached hydrogens (tertiary/aromatic N) is 3. The molecular weight excluding hydrogens is 444 g/mol. The van der Waals surface area contributed by atoms with E-state index in [1.807, 2.05) is 36.4 Å². The average molecular weight is 473 g/mol. The predicted molar refractivity (Wildman–Crippen MR) is 130 cm³/mol. The number of aromatic nitrogens is 3. The first-order valence-corrected chi connectivity index (χ1v) is 11.0. The molecule has 1 aromatic heterocycles. The zero-order valence-electron chi connectivity index (χ0n) is 18.6. The maximum absolute atomic E-state index is 6.03. The number of benzene rings is 2. The molecule has 176 valence electrons. The predicted octanol–water partition coefficient (Wildman–Crippen LogP) is 3.22. The van der Waals surface area contributed by atoms with E-state index in [0.717, 1.165) is 16.9 Å². The molecule has 0 fully saturated rings. The summed E-state index contributed by atoms with van der Waals surface area (Å²) in [6.07, 6.45) is 0. The third-order valence-corrected chi connectivity index (χ3v) is 4.78. The zero-order valence-corrected chi connectivity index (χ0v) is 19.3. The molecule has 0 bridgehead atoms. The molecule has 4 N–H and O–H groups in total. The van der Waals surface area contributed by atoms with Gasteiger partial charge in [-0.15, -0.1) is 0 Å². The van der Waals surface area contributed by atoms with E-state index in [9.17, 15) is 0 Å². The Morgan fingerprint density at radius 2 is 1.55 bits per heavy atom. The van der Waals surface area contributed by atoms with Gasteiger partial charge in [-0.3, -0.25) is 0 Å². The monoisotopic (exact) mass is 472 g/mol. The Kier molecular flexibility index (Phi) is 10.1. The van der Waals surface area contributed by atoms with Crippen molar-refractivity contribution in [1.82, 2.24) is 15.0 Å². The van der Waals surface area contributed by atoms with Gasteiger partial charge in [0, 0.05) is 35.8 Å². The molecule has 0 amide bonds. The van der Waals surface area contributed by atoms with Crippen LogP contribution in [0.25, 0.3) is 11.4 Å². The molecule has 0 atom stereocenters. The van der Waals surface area contributed by atoms with Crippen molar-refractivity contribution in [1.29, 1.82) is 0 Å². The van der Waals surface area contributed by atoms with E-state index in [2.05, 4.69) is 25.6 Å². The van der Waals surface area contributed by atoms with Crippen molar-refractivity contribution < 1.29 is 14.2 Å². The normalized spacial score (nSPS) is 10.8. The second kappa shape index (κ2) is 13.5. The highest BCUT2D eigenvalue weighted by Gasteiger charge is 2.10. The van der Waals surface area contributed by atoms with Crippen LogP contribution < -0.4 is 21.1 Å². The Morgan fingerprint density at radius 1 is 0.848 bits per heavy atom. The Morgan fingerprint density at radius 3 is 2.27 bits per heavy atom. The van der Waals surface area contributed by atoms with Crippen molar-refractivity contribution in [2.45, 2.75) is 6.54 Å². The van der Waals surface area contributed by atoms with Gasteiger partial charge < -0.3 is 30.6 Å². The van der Waals surface area contributed by atoms with Crippen LogP contribution in [0.2, 0.25) is 5.02 Å². The fraction of sp³-hybridized carbons (Fsp3) is 0.348. The third kappa shape index (κ3) is 8.14. The van der Waals surface area contributed by atoms with Crippen molar-refractivity contribution >= 4 is 23.5 Å². The van der Waals surface area contributed by atoms with Crippen molar-refractivity contribution in [3.63, 3.8) is 0 Å². The number of rotatable bonds is 14. The van der Waals surface area contributed by atoms with Gasteiger partial charge in [0.2, 0.25) is 11.9 Å². The maximum atomic E-state index is 6.03. The van der Waals surface area contributed by atoms with E-state index in [0.29, 0.717) is 68.8 Å². The molecule has 2 aromatic carbocycles. The molecule has 0 saturated carbocycles. The average Bonchev–Trinajstić information content (AvgIpc) is 2.85. The molecule has 0 aliphatic carbocycles. The van der Waals surface area contributed by atoms with E-state index < -0.39 is 0 Å². The van der Waals surface area contributed by atoms with E-state index in [1.165, 1.54) is 0 Å². The Hall–Kier alpha value is -2.98. The van der Waals surface area contributed by atoms with Gasteiger partial charge in [0.1, 0.15) is 5.75 Å². The minimum atomic E-state index is 0.444. The van der Waals surface area contributed by atoms with Gasteiger partial charge in [-0.1, -0.05) is 29.8 Å². The summed E-state index contributed by atoms with van der Waals surface area (Å²) in [6, 6.07) is 15.1. The molecule has 0 radical (unpaired) electrons. The van der Waals surface area contributed by atoms with Crippen molar-refractivity contribution in [3.05, 3.63) is 59.1 Å². The van der Waals surface area contributed by atoms with E-state index in [-0.39, 0.29) is 0 Å². The summed E-state index contributed by atoms with van der Waals surface area (Å²) >= 11 is 6.03. The van der Waals surface area contributed by atoms with Crippen LogP contribution in [0.1, 0.15) is 5.56 Å². The molecular formula is C23H29ClN6O3. The van der Waals surface area contributed by atoms with E-state index in [1.54, 1.807) is 19.2 Å². The summed E-state index contributed by atoms with van der Waals surface area (Å²) in [5, 5.41) is 7.10. The molecule has 1 heterocycles. The van der Waals surface area contributed by atoms with Gasteiger partial charge in [-0.05, 0) is 30.3 Å². The van der Waals surface area contributed by atoms with Gasteiger partial charge in [0.25, 0.3) is 0 Å². The van der Waals surface area contributed by atoms with Crippen LogP contribution in [0.5, 0.6) is 5.75 Å². The van der Waals surface area contributed by atoms with E-state index in [4.69, 9.17) is 31.5 Å². The van der Waals surface area contributed by atoms with Crippen LogP contribution in [0, 0.1) is 0 Å². The van der Waals surface area contributed by atoms with Gasteiger partial charge in [-0.25, -0.2) is 0 Å². The quantitative estimate of drug-likeness (QED) is 0.304. The summed E-state index contributed by atoms with van der Waals surface area (Å²) < 4.78 is 16.3. The number of anilines is 2. The second-order valence-corrected chi connectivity index (χ2v) is 7.36. The van der Waals surface area contributed by atoms with Gasteiger partial charge in [0.05, 0.1) is 33.5 Å². The molecule has 0 unspecified atom stereocenters. The van der Waals surface area contributed by atoms with Crippen LogP contribution in [0.3, 0.4) is 0 Å². The van der Waals surface area contributed by atoms with Gasteiger partial charge >= 0.3 is 0 Å². The molecule has 0 saturated heterocycles. The fourth-order valence-electron chi connectivity index (χ4n) is 2.93. The minimum absolute atomic E-state index is 0.444. The lowest BCUT2D eigenvalue weighted by atomic mass is 10.2. The zero-order chi connectivity index (χ0) is 23.3. The highest BCUT2D eigenvalue weighted by atomic mass is 35.5. The summed E-state index contributed by atoms with van der Waals surface area (Å²) in [4.78, 5) is 13.6. The molecule has 0 aliphatic heterocycles. The molecule has 0 spiro atoms. The number of methoxy groups -OCH3 is 1. The lowest BCUT2D eigenvalue weighted by Crippen LogP contribution is -2.16. The Balaban J connectivity index is 1.66. The first-order valence-electron chi connectivity index (χ1n) is 10.7. The van der Waals surface area contributed by atoms with Gasteiger partial charge in [0.15, 0.2) is 5.82 Å². The molecule has 3 rings (SSSR count). The largest absolute Gasteiger partial charge is 0.496 e.